The van der Waals surface area contributed by atoms with Crippen molar-refractivity contribution in [1.82, 2.24) is 10.2 Å². The molecule has 2 amide bonds. The van der Waals surface area contributed by atoms with Crippen LogP contribution in [0.3, 0.4) is 0 Å². The van der Waals surface area contributed by atoms with E-state index in [0.717, 1.165) is 0 Å². The average molecular weight is 415 g/mol. The van der Waals surface area contributed by atoms with Crippen molar-refractivity contribution in [3.8, 4) is 0 Å². The van der Waals surface area contributed by atoms with E-state index in [2.05, 4.69) is 5.32 Å². The van der Waals surface area contributed by atoms with Crippen LogP contribution in [0.2, 0.25) is 10.0 Å². The fourth-order valence-electron chi connectivity index (χ4n) is 3.46. The largest absolute Gasteiger partial charge is 0.347 e. The number of likely N-dealkylation sites (tertiary alicyclic amines) is 1. The molecule has 2 saturated heterocycles. The Morgan fingerprint density at radius 1 is 1.15 bits per heavy atom. The summed E-state index contributed by atoms with van der Waals surface area (Å²) >= 11 is 12.0. The number of amides is 2. The highest BCUT2D eigenvalue weighted by atomic mass is 35.5. The Hall–Kier alpha value is -1.34. The number of nitrogens with one attached hydrogen (secondary N) is 1. The molecule has 2 aliphatic rings. The number of hydrogen-bond donors (Lipinski definition) is 1. The zero-order valence-corrected chi connectivity index (χ0v) is 17.0. The Kier molecular flexibility index (Phi) is 6.31. The van der Waals surface area contributed by atoms with E-state index in [9.17, 15) is 9.59 Å². The highest BCUT2D eigenvalue weighted by molar-refractivity contribution is 6.36. The summed E-state index contributed by atoms with van der Waals surface area (Å²) in [4.78, 5) is 27.4. The van der Waals surface area contributed by atoms with Crippen molar-refractivity contribution in [3.05, 3.63) is 33.8 Å². The predicted octanol–water partition coefficient (Wildman–Crippen LogP) is 3.11. The van der Waals surface area contributed by atoms with Crippen LogP contribution >= 0.6 is 23.2 Å². The molecule has 3 rings (SSSR count). The molecule has 1 atom stereocenters. The summed E-state index contributed by atoms with van der Waals surface area (Å²) in [6.07, 6.45) is 1.28. The number of rotatable bonds is 4. The summed E-state index contributed by atoms with van der Waals surface area (Å²) in [7, 11) is 0. The maximum Gasteiger partial charge on any atom is 0.253 e. The van der Waals surface area contributed by atoms with Gasteiger partial charge in [-0.2, -0.15) is 0 Å². The van der Waals surface area contributed by atoms with Gasteiger partial charge in [-0.3, -0.25) is 9.59 Å². The Balaban J connectivity index is 1.66. The first kappa shape index (κ1) is 20.4. The number of carbonyl (C=O) groups is 2. The lowest BCUT2D eigenvalue weighted by molar-refractivity contribution is -0.188. The van der Waals surface area contributed by atoms with Crippen molar-refractivity contribution in [2.75, 3.05) is 26.3 Å². The van der Waals surface area contributed by atoms with Gasteiger partial charge in [-0.25, -0.2) is 0 Å². The number of piperidine rings is 1. The Morgan fingerprint density at radius 2 is 1.78 bits per heavy atom. The van der Waals surface area contributed by atoms with E-state index in [4.69, 9.17) is 32.7 Å². The topological polar surface area (TPSA) is 67.9 Å². The van der Waals surface area contributed by atoms with Crippen molar-refractivity contribution in [1.29, 1.82) is 0 Å². The SMILES string of the molecule is CC(C)C(NC(=O)c1ccc(Cl)cc1Cl)C(=O)N1CCC2(CC1)OCCO2. The van der Waals surface area contributed by atoms with Crippen LogP contribution in [0.4, 0.5) is 0 Å². The van der Waals surface area contributed by atoms with E-state index in [1.165, 1.54) is 6.07 Å². The molecule has 2 fully saturated rings. The second-order valence-corrected chi connectivity index (χ2v) is 8.10. The molecule has 0 bridgehead atoms. The third-order valence-corrected chi connectivity index (χ3v) is 5.59. The molecule has 0 aliphatic carbocycles. The lowest BCUT2D eigenvalue weighted by atomic mass is 9.98. The predicted molar refractivity (Wildman–Crippen MR) is 103 cm³/mol. The molecule has 27 heavy (non-hydrogen) atoms. The maximum atomic E-state index is 13.0. The minimum Gasteiger partial charge on any atom is -0.347 e. The van der Waals surface area contributed by atoms with Crippen molar-refractivity contribution in [3.63, 3.8) is 0 Å². The molecule has 2 aliphatic heterocycles. The number of hydrogen-bond acceptors (Lipinski definition) is 4. The normalized spacial score (nSPS) is 20.1. The number of benzene rings is 1. The second kappa shape index (κ2) is 8.35. The lowest BCUT2D eigenvalue weighted by Crippen LogP contribution is -2.55. The van der Waals surface area contributed by atoms with Crippen molar-refractivity contribution in [2.45, 2.75) is 38.5 Å². The molecule has 0 radical (unpaired) electrons. The molecule has 148 valence electrons. The van der Waals surface area contributed by atoms with Crippen molar-refractivity contribution >= 4 is 35.0 Å². The van der Waals surface area contributed by atoms with Gasteiger partial charge in [0.1, 0.15) is 6.04 Å². The molecule has 6 nitrogen and oxygen atoms in total. The molecule has 2 heterocycles. The van der Waals surface area contributed by atoms with E-state index in [1.54, 1.807) is 17.0 Å². The standard InChI is InChI=1S/C19H24Cl2N2O4/c1-12(2)16(22-17(24)14-4-3-13(20)11-15(14)21)18(25)23-7-5-19(6-8-23)26-9-10-27-19/h3-4,11-12,16H,5-10H2,1-2H3,(H,22,24). The number of carbonyl (C=O) groups excluding carboxylic acids is 2. The van der Waals surface area contributed by atoms with E-state index < -0.39 is 11.8 Å². The Morgan fingerprint density at radius 3 is 2.33 bits per heavy atom. The van der Waals surface area contributed by atoms with E-state index in [1.807, 2.05) is 13.8 Å². The van der Waals surface area contributed by atoms with Crippen LogP contribution in [0.5, 0.6) is 0 Å². The summed E-state index contributed by atoms with van der Waals surface area (Å²) in [5.74, 6) is -1.09. The van der Waals surface area contributed by atoms with Crippen molar-refractivity contribution in [2.24, 2.45) is 5.92 Å². The van der Waals surface area contributed by atoms with E-state index in [0.29, 0.717) is 49.7 Å². The average Bonchev–Trinajstić information content (AvgIpc) is 3.07. The first-order chi connectivity index (χ1) is 12.8. The molecule has 1 N–H and O–H groups in total. The van der Waals surface area contributed by atoms with Gasteiger partial charge in [-0.15, -0.1) is 0 Å². The van der Waals surface area contributed by atoms with Gasteiger partial charge in [0.2, 0.25) is 5.91 Å². The summed E-state index contributed by atoms with van der Waals surface area (Å²) in [6.45, 7) is 6.09. The second-order valence-electron chi connectivity index (χ2n) is 7.25. The summed E-state index contributed by atoms with van der Waals surface area (Å²) in [5.41, 5.74) is 0.296. The maximum absolute atomic E-state index is 13.0. The van der Waals surface area contributed by atoms with Gasteiger partial charge in [-0.1, -0.05) is 37.0 Å². The number of nitrogens with zero attached hydrogens (tertiary/aromatic N) is 1. The zero-order valence-electron chi connectivity index (χ0n) is 15.5. The first-order valence-corrected chi connectivity index (χ1v) is 9.89. The summed E-state index contributed by atoms with van der Waals surface area (Å²) in [6, 6.07) is 4.03. The molecule has 0 saturated carbocycles. The molecule has 0 aromatic heterocycles. The van der Waals surface area contributed by atoms with Gasteiger partial charge in [0.15, 0.2) is 5.79 Å². The molecule has 1 spiro atoms. The smallest absolute Gasteiger partial charge is 0.253 e. The van der Waals surface area contributed by atoms with Gasteiger partial charge in [0.05, 0.1) is 23.8 Å². The third-order valence-electron chi connectivity index (χ3n) is 5.05. The van der Waals surface area contributed by atoms with Crippen LogP contribution in [0, 0.1) is 5.92 Å². The molecule has 1 unspecified atom stereocenters. The van der Waals surface area contributed by atoms with Crippen LogP contribution in [0.25, 0.3) is 0 Å². The Labute approximate surface area is 169 Å². The van der Waals surface area contributed by atoms with Gasteiger partial charge in [0, 0.05) is 31.0 Å². The summed E-state index contributed by atoms with van der Waals surface area (Å²) < 4.78 is 11.4. The summed E-state index contributed by atoms with van der Waals surface area (Å²) in [5, 5.41) is 3.54. The molecular formula is C19H24Cl2N2O4. The Bertz CT molecular complexity index is 710. The van der Waals surface area contributed by atoms with E-state index in [-0.39, 0.29) is 22.8 Å². The highest BCUT2D eigenvalue weighted by Gasteiger charge is 2.42. The van der Waals surface area contributed by atoms with Gasteiger partial charge < -0.3 is 19.7 Å². The fraction of sp³-hybridized carbons (Fsp3) is 0.579. The quantitative estimate of drug-likeness (QED) is 0.821. The van der Waals surface area contributed by atoms with Crippen LogP contribution < -0.4 is 5.32 Å². The third kappa shape index (κ3) is 4.57. The van der Waals surface area contributed by atoms with Gasteiger partial charge >= 0.3 is 0 Å². The monoisotopic (exact) mass is 414 g/mol. The minimum atomic E-state index is -0.635. The molecule has 8 heteroatoms. The zero-order chi connectivity index (χ0) is 19.6. The highest BCUT2D eigenvalue weighted by Crippen LogP contribution is 2.31. The van der Waals surface area contributed by atoms with Crippen molar-refractivity contribution < 1.29 is 19.1 Å². The van der Waals surface area contributed by atoms with E-state index >= 15 is 0 Å². The first-order valence-electron chi connectivity index (χ1n) is 9.14. The van der Waals surface area contributed by atoms with Crippen LogP contribution in [0.1, 0.15) is 37.0 Å². The van der Waals surface area contributed by atoms with Gasteiger partial charge in [0.25, 0.3) is 5.91 Å². The molecular weight excluding hydrogens is 391 g/mol. The lowest BCUT2D eigenvalue weighted by Gasteiger charge is -2.39. The van der Waals surface area contributed by atoms with Crippen LogP contribution in [0.15, 0.2) is 18.2 Å². The number of halogens is 2. The molecule has 1 aromatic carbocycles. The fourth-order valence-corrected chi connectivity index (χ4v) is 3.95. The minimum absolute atomic E-state index is 0.0672. The van der Waals surface area contributed by atoms with Crippen LogP contribution in [-0.4, -0.2) is 54.8 Å². The molecule has 1 aromatic rings. The van der Waals surface area contributed by atoms with Gasteiger partial charge in [-0.05, 0) is 24.1 Å². The number of ether oxygens (including phenoxy) is 2. The van der Waals surface area contributed by atoms with Crippen LogP contribution in [-0.2, 0) is 14.3 Å².